The van der Waals surface area contributed by atoms with Crippen molar-refractivity contribution >= 4 is 27.3 Å². The Morgan fingerprint density at radius 1 is 1.54 bits per heavy atom. The van der Waals surface area contributed by atoms with Crippen LogP contribution in [-0.2, 0) is 0 Å². The van der Waals surface area contributed by atoms with Gasteiger partial charge in [0.25, 0.3) is 0 Å². The van der Waals surface area contributed by atoms with Gasteiger partial charge in [-0.05, 0) is 30.9 Å². The number of hydrogen-bond acceptors (Lipinski definition) is 3. The van der Waals surface area contributed by atoms with Crippen molar-refractivity contribution in [2.75, 3.05) is 0 Å². The normalized spacial score (nSPS) is 10.6. The fraction of sp³-hybridized carbons (Fsp3) is 0.200. The Morgan fingerprint density at radius 3 is 3.00 bits per heavy atom. The molecule has 13 heavy (non-hydrogen) atoms. The van der Waals surface area contributed by atoms with Gasteiger partial charge in [0.15, 0.2) is 5.78 Å². The summed E-state index contributed by atoms with van der Waals surface area (Å²) in [5.74, 6) is 0.0816. The van der Waals surface area contributed by atoms with Crippen molar-refractivity contribution in [3.05, 3.63) is 28.8 Å². The number of nitrogens with zero attached hydrogens (tertiary/aromatic N) is 1. The minimum Gasteiger partial charge on any atom is -0.294 e. The second-order valence-electron chi connectivity index (χ2n) is 2.99. The average Bonchev–Trinajstić information content (AvgIpc) is 2.52. The van der Waals surface area contributed by atoms with Crippen molar-refractivity contribution < 1.29 is 4.79 Å². The van der Waals surface area contributed by atoms with Crippen LogP contribution in [0.5, 0.6) is 0 Å². The van der Waals surface area contributed by atoms with Crippen LogP contribution in [0.4, 0.5) is 0 Å². The molecule has 0 N–H and O–H groups in total. The van der Waals surface area contributed by atoms with E-state index >= 15 is 0 Å². The highest BCUT2D eigenvalue weighted by Gasteiger charge is 2.08. The number of aromatic nitrogens is 1. The number of Topliss-reactive ketones (excluding diaryl/α,β-unsaturated/α-hetero) is 1. The Bertz CT molecular complexity index is 473. The van der Waals surface area contributed by atoms with Crippen LogP contribution in [0.15, 0.2) is 17.6 Å². The second-order valence-corrected chi connectivity index (χ2v) is 3.89. The molecule has 3 heteroatoms. The molecular weight excluding hydrogens is 182 g/mol. The Kier molecular flexibility index (Phi) is 1.88. The molecule has 66 valence electrons. The van der Waals surface area contributed by atoms with Gasteiger partial charge in [-0.25, -0.2) is 4.98 Å². The summed E-state index contributed by atoms with van der Waals surface area (Å²) in [4.78, 5) is 16.4. The molecule has 0 aliphatic rings. The van der Waals surface area contributed by atoms with Crippen molar-refractivity contribution in [2.45, 2.75) is 13.8 Å². The quantitative estimate of drug-likeness (QED) is 0.649. The van der Waals surface area contributed by atoms with E-state index in [0.29, 0.717) is 0 Å². The van der Waals surface area contributed by atoms with Gasteiger partial charge >= 0.3 is 0 Å². The molecule has 0 aliphatic heterocycles. The maximum atomic E-state index is 11.2. The molecule has 0 aromatic carbocycles. The second kappa shape index (κ2) is 2.92. The van der Waals surface area contributed by atoms with Gasteiger partial charge in [-0.15, -0.1) is 11.3 Å². The molecule has 0 saturated carbocycles. The molecule has 0 unspecified atom stereocenters. The molecule has 0 fully saturated rings. The highest BCUT2D eigenvalue weighted by atomic mass is 32.1. The predicted molar refractivity (Wildman–Crippen MR) is 54.4 cm³/mol. The van der Waals surface area contributed by atoms with E-state index < -0.39 is 0 Å². The van der Waals surface area contributed by atoms with E-state index in [1.54, 1.807) is 24.5 Å². The fourth-order valence-electron chi connectivity index (χ4n) is 1.41. The van der Waals surface area contributed by atoms with Crippen LogP contribution in [-0.4, -0.2) is 10.8 Å². The summed E-state index contributed by atoms with van der Waals surface area (Å²) < 4.78 is 0. The fourth-order valence-corrected chi connectivity index (χ4v) is 2.20. The van der Waals surface area contributed by atoms with E-state index in [2.05, 4.69) is 4.98 Å². The maximum Gasteiger partial charge on any atom is 0.161 e. The van der Waals surface area contributed by atoms with Gasteiger partial charge in [-0.3, -0.25) is 4.79 Å². The number of ketones is 1. The summed E-state index contributed by atoms with van der Waals surface area (Å²) in [6, 6.07) is 2.01. The third-order valence-electron chi connectivity index (χ3n) is 2.14. The van der Waals surface area contributed by atoms with E-state index in [1.165, 1.54) is 0 Å². The molecule has 2 aromatic heterocycles. The van der Waals surface area contributed by atoms with E-state index in [-0.39, 0.29) is 5.78 Å². The van der Waals surface area contributed by atoms with Crippen molar-refractivity contribution in [3.63, 3.8) is 0 Å². The van der Waals surface area contributed by atoms with E-state index in [4.69, 9.17) is 0 Å². The molecule has 2 nitrogen and oxygen atoms in total. The molecule has 0 amide bonds. The number of hydrogen-bond donors (Lipinski definition) is 0. The van der Waals surface area contributed by atoms with Crippen LogP contribution in [0.3, 0.4) is 0 Å². The number of aryl methyl sites for hydroxylation is 1. The van der Waals surface area contributed by atoms with E-state index in [9.17, 15) is 4.79 Å². The van der Waals surface area contributed by atoms with Gasteiger partial charge in [0.2, 0.25) is 0 Å². The summed E-state index contributed by atoms with van der Waals surface area (Å²) in [5, 5.41) is 3.09. The van der Waals surface area contributed by atoms with E-state index in [0.717, 1.165) is 21.3 Å². The van der Waals surface area contributed by atoms with Gasteiger partial charge < -0.3 is 0 Å². The van der Waals surface area contributed by atoms with Crippen LogP contribution in [0.2, 0.25) is 0 Å². The minimum absolute atomic E-state index is 0.0816. The molecule has 0 spiro atoms. The summed E-state index contributed by atoms with van der Waals surface area (Å²) in [6.07, 6.45) is 1.66. The summed E-state index contributed by atoms with van der Waals surface area (Å²) in [7, 11) is 0. The van der Waals surface area contributed by atoms with Gasteiger partial charge in [-0.1, -0.05) is 0 Å². The van der Waals surface area contributed by atoms with Crippen LogP contribution < -0.4 is 0 Å². The van der Waals surface area contributed by atoms with Gasteiger partial charge in [-0.2, -0.15) is 0 Å². The van der Waals surface area contributed by atoms with Crippen LogP contribution in [0.25, 0.3) is 10.2 Å². The highest BCUT2D eigenvalue weighted by molar-refractivity contribution is 7.16. The van der Waals surface area contributed by atoms with Gasteiger partial charge in [0.05, 0.1) is 0 Å². The zero-order valence-electron chi connectivity index (χ0n) is 7.50. The van der Waals surface area contributed by atoms with Crippen LogP contribution in [0.1, 0.15) is 22.8 Å². The molecule has 0 radical (unpaired) electrons. The zero-order valence-corrected chi connectivity index (χ0v) is 8.31. The highest BCUT2D eigenvalue weighted by Crippen LogP contribution is 2.24. The molecule has 0 bridgehead atoms. The summed E-state index contributed by atoms with van der Waals surface area (Å²) in [6.45, 7) is 3.54. The minimum atomic E-state index is 0.0816. The van der Waals surface area contributed by atoms with Crippen LogP contribution >= 0.6 is 11.3 Å². The Labute approximate surface area is 80.2 Å². The number of carbonyl (C=O) groups is 1. The number of thiophene rings is 1. The molecule has 2 heterocycles. The largest absolute Gasteiger partial charge is 0.294 e. The van der Waals surface area contributed by atoms with E-state index in [1.807, 2.05) is 18.4 Å². The number of pyridine rings is 1. The first-order chi connectivity index (χ1) is 6.20. The SMILES string of the molecule is CC(=O)c1cnc2sccc2c1C. The lowest BCUT2D eigenvalue weighted by Gasteiger charge is -2.01. The van der Waals surface area contributed by atoms with Crippen molar-refractivity contribution in [2.24, 2.45) is 0 Å². The summed E-state index contributed by atoms with van der Waals surface area (Å²) >= 11 is 1.60. The Balaban J connectivity index is 2.80. The third kappa shape index (κ3) is 1.25. The standard InChI is InChI=1S/C10H9NOS/c1-6-8-3-4-13-10(8)11-5-9(6)7(2)12/h3-5H,1-2H3. The number of rotatable bonds is 1. The first-order valence-electron chi connectivity index (χ1n) is 4.04. The smallest absolute Gasteiger partial charge is 0.161 e. The molecule has 0 atom stereocenters. The zero-order chi connectivity index (χ0) is 9.42. The number of carbonyl (C=O) groups excluding carboxylic acids is 1. The van der Waals surface area contributed by atoms with Crippen molar-refractivity contribution in [1.82, 2.24) is 4.98 Å². The predicted octanol–water partition coefficient (Wildman–Crippen LogP) is 2.81. The lowest BCUT2D eigenvalue weighted by Crippen LogP contribution is -1.96. The number of fused-ring (bicyclic) bond motifs is 1. The maximum absolute atomic E-state index is 11.2. The Morgan fingerprint density at radius 2 is 2.31 bits per heavy atom. The molecule has 2 rings (SSSR count). The monoisotopic (exact) mass is 191 g/mol. The van der Waals surface area contributed by atoms with Crippen molar-refractivity contribution in [1.29, 1.82) is 0 Å². The topological polar surface area (TPSA) is 30.0 Å². The van der Waals surface area contributed by atoms with Crippen LogP contribution in [0, 0.1) is 6.92 Å². The lowest BCUT2D eigenvalue weighted by atomic mass is 10.1. The third-order valence-corrected chi connectivity index (χ3v) is 2.96. The lowest BCUT2D eigenvalue weighted by molar-refractivity contribution is 0.101. The Hall–Kier alpha value is -1.22. The average molecular weight is 191 g/mol. The van der Waals surface area contributed by atoms with Gasteiger partial charge in [0, 0.05) is 17.1 Å². The first-order valence-corrected chi connectivity index (χ1v) is 4.92. The first kappa shape index (κ1) is 8.38. The molecule has 0 saturated heterocycles. The molecule has 0 aliphatic carbocycles. The van der Waals surface area contributed by atoms with Crippen molar-refractivity contribution in [3.8, 4) is 0 Å². The molecule has 2 aromatic rings. The molecular formula is C10H9NOS. The van der Waals surface area contributed by atoms with Gasteiger partial charge in [0.1, 0.15) is 4.83 Å². The summed E-state index contributed by atoms with van der Waals surface area (Å²) in [5.41, 5.74) is 1.77.